The maximum Gasteiger partial charge on any atom is 0.302 e. The van der Waals surface area contributed by atoms with Crippen LogP contribution in [0.4, 0.5) is 0 Å². The van der Waals surface area contributed by atoms with Gasteiger partial charge in [0.05, 0.1) is 6.16 Å². The van der Waals surface area contributed by atoms with E-state index < -0.39 is 7.26 Å². The number of hydrogen-bond donors (Lipinski definition) is 0. The Morgan fingerprint density at radius 3 is 2.09 bits per heavy atom. The van der Waals surface area contributed by atoms with E-state index in [2.05, 4.69) is 20.0 Å². The minimum atomic E-state index is -0.749. The highest BCUT2D eigenvalue weighted by atomic mass is 79.9. The lowest BCUT2D eigenvalue weighted by Crippen LogP contribution is -3.00. The molecule has 2 nitrogen and oxygen atoms in total. The molecule has 4 heteroatoms. The van der Waals surface area contributed by atoms with Crippen LogP contribution >= 0.6 is 7.26 Å². The van der Waals surface area contributed by atoms with Crippen molar-refractivity contribution in [3.8, 4) is 0 Å². The molecule has 0 heterocycles. The quantitative estimate of drug-likeness (QED) is 0.443. The Bertz CT molecular complexity index is 120. The molecule has 68 valence electrons. The van der Waals surface area contributed by atoms with E-state index in [1.807, 2.05) is 0 Å². The molecule has 11 heavy (non-hydrogen) atoms. The van der Waals surface area contributed by atoms with E-state index in [0.717, 1.165) is 6.16 Å². The predicted molar refractivity (Wildman–Crippen MR) is 46.2 cm³/mol. The Morgan fingerprint density at radius 1 is 1.36 bits per heavy atom. The standard InChI is InChI=1S/C7H16O2P.BrH/c1-7(8)9-5-6-10(2,3)4;/h5-6H2,1-4H3;1H/q+1;/p-1. The fourth-order valence-electron chi connectivity index (χ4n) is 0.463. The van der Waals surface area contributed by atoms with Crippen molar-refractivity contribution in [3.05, 3.63) is 0 Å². The molecule has 0 aliphatic carbocycles. The molecule has 0 aromatic carbocycles. The van der Waals surface area contributed by atoms with Crippen molar-refractivity contribution >= 4 is 13.2 Å². The molecule has 0 aromatic heterocycles. The molecular weight excluding hydrogens is 227 g/mol. The topological polar surface area (TPSA) is 26.3 Å². The summed E-state index contributed by atoms with van der Waals surface area (Å²) in [5.41, 5.74) is 0. The van der Waals surface area contributed by atoms with Crippen LogP contribution in [-0.4, -0.2) is 38.7 Å². The van der Waals surface area contributed by atoms with Gasteiger partial charge in [0.1, 0.15) is 6.61 Å². The molecule has 0 aromatic rings. The van der Waals surface area contributed by atoms with Crippen LogP contribution in [0, 0.1) is 0 Å². The van der Waals surface area contributed by atoms with E-state index in [9.17, 15) is 4.79 Å². The van der Waals surface area contributed by atoms with Crippen molar-refractivity contribution in [2.45, 2.75) is 6.92 Å². The van der Waals surface area contributed by atoms with Gasteiger partial charge in [-0.2, -0.15) is 0 Å². The summed E-state index contributed by atoms with van der Waals surface area (Å²) >= 11 is 0. The second kappa shape index (κ2) is 5.96. The summed E-state index contributed by atoms with van der Waals surface area (Å²) in [6, 6.07) is 0. The fourth-order valence-corrected chi connectivity index (χ4v) is 1.10. The first-order valence-electron chi connectivity index (χ1n) is 3.35. The van der Waals surface area contributed by atoms with Crippen LogP contribution in [0.5, 0.6) is 0 Å². The summed E-state index contributed by atoms with van der Waals surface area (Å²) < 4.78 is 4.81. The Morgan fingerprint density at radius 2 is 1.82 bits per heavy atom. The van der Waals surface area contributed by atoms with Gasteiger partial charge in [0.2, 0.25) is 0 Å². The highest BCUT2D eigenvalue weighted by molar-refractivity contribution is 7.73. The van der Waals surface area contributed by atoms with Gasteiger partial charge in [-0.1, -0.05) is 0 Å². The molecule has 0 atom stereocenters. The lowest BCUT2D eigenvalue weighted by molar-refractivity contribution is -0.140. The van der Waals surface area contributed by atoms with Crippen LogP contribution in [0.15, 0.2) is 0 Å². The Balaban J connectivity index is 0. The van der Waals surface area contributed by atoms with Gasteiger partial charge in [-0.15, -0.1) is 0 Å². The third-order valence-electron chi connectivity index (χ3n) is 1.07. The molecule has 0 amide bonds. The van der Waals surface area contributed by atoms with Gasteiger partial charge >= 0.3 is 5.97 Å². The van der Waals surface area contributed by atoms with Crippen LogP contribution < -0.4 is 17.0 Å². The fraction of sp³-hybridized carbons (Fsp3) is 0.857. The van der Waals surface area contributed by atoms with Crippen molar-refractivity contribution in [1.29, 1.82) is 0 Å². The molecule has 0 N–H and O–H groups in total. The van der Waals surface area contributed by atoms with E-state index >= 15 is 0 Å². The van der Waals surface area contributed by atoms with E-state index in [1.165, 1.54) is 6.92 Å². The van der Waals surface area contributed by atoms with Gasteiger partial charge in [-0.05, 0) is 0 Å². The molecule has 0 radical (unpaired) electrons. The smallest absolute Gasteiger partial charge is 0.302 e. The zero-order chi connectivity index (χ0) is 8.20. The molecule has 0 aliphatic heterocycles. The molecule has 0 bridgehead atoms. The summed E-state index contributed by atoms with van der Waals surface area (Å²) in [5, 5.41) is 0. The van der Waals surface area contributed by atoms with Gasteiger partial charge in [-0.3, -0.25) is 4.79 Å². The van der Waals surface area contributed by atoms with E-state index in [4.69, 9.17) is 4.74 Å². The predicted octanol–water partition coefficient (Wildman–Crippen LogP) is -1.54. The molecule has 0 spiro atoms. The van der Waals surface area contributed by atoms with Crippen molar-refractivity contribution < 1.29 is 26.5 Å². The van der Waals surface area contributed by atoms with Crippen LogP contribution in [-0.2, 0) is 9.53 Å². The third-order valence-corrected chi connectivity index (χ3v) is 2.59. The highest BCUT2D eigenvalue weighted by Crippen LogP contribution is 2.45. The molecule has 0 rings (SSSR count). The minimum absolute atomic E-state index is 0. The first-order chi connectivity index (χ1) is 4.42. The number of rotatable bonds is 3. The number of ether oxygens (including phenoxy) is 1. The van der Waals surface area contributed by atoms with Crippen molar-refractivity contribution in [2.24, 2.45) is 0 Å². The van der Waals surface area contributed by atoms with Crippen molar-refractivity contribution in [2.75, 3.05) is 32.8 Å². The van der Waals surface area contributed by atoms with Crippen molar-refractivity contribution in [1.82, 2.24) is 0 Å². The second-order valence-electron chi connectivity index (χ2n) is 3.35. The highest BCUT2D eigenvalue weighted by Gasteiger charge is 2.16. The van der Waals surface area contributed by atoms with Gasteiger partial charge in [0, 0.05) is 34.2 Å². The van der Waals surface area contributed by atoms with E-state index in [0.29, 0.717) is 6.61 Å². The van der Waals surface area contributed by atoms with E-state index in [1.54, 1.807) is 0 Å². The average molecular weight is 243 g/mol. The molecule has 0 aliphatic rings. The number of carbonyl (C=O) groups excluding carboxylic acids is 1. The summed E-state index contributed by atoms with van der Waals surface area (Å²) in [7, 11) is -0.749. The summed E-state index contributed by atoms with van der Waals surface area (Å²) in [6.45, 7) is 8.73. The number of halogens is 1. The summed E-state index contributed by atoms with van der Waals surface area (Å²) in [4.78, 5) is 10.3. The Hall–Kier alpha value is 0.380. The monoisotopic (exact) mass is 242 g/mol. The van der Waals surface area contributed by atoms with Gasteiger partial charge in [0.25, 0.3) is 0 Å². The third kappa shape index (κ3) is 13.4. The number of carbonyl (C=O) groups is 1. The summed E-state index contributed by atoms with van der Waals surface area (Å²) in [5.74, 6) is -0.173. The van der Waals surface area contributed by atoms with Crippen LogP contribution in [0.1, 0.15) is 6.92 Å². The maximum atomic E-state index is 10.3. The van der Waals surface area contributed by atoms with Gasteiger partial charge < -0.3 is 21.7 Å². The van der Waals surface area contributed by atoms with Gasteiger partial charge in [-0.25, -0.2) is 0 Å². The Kier molecular flexibility index (Phi) is 7.55. The zero-order valence-electron chi connectivity index (χ0n) is 7.56. The normalized spacial score (nSPS) is 10.2. The zero-order valence-corrected chi connectivity index (χ0v) is 10.0. The van der Waals surface area contributed by atoms with Crippen molar-refractivity contribution in [3.63, 3.8) is 0 Å². The van der Waals surface area contributed by atoms with Crippen LogP contribution in [0.2, 0.25) is 0 Å². The molecule has 0 saturated carbocycles. The lowest BCUT2D eigenvalue weighted by Gasteiger charge is -2.10. The first-order valence-corrected chi connectivity index (χ1v) is 6.67. The van der Waals surface area contributed by atoms with Gasteiger partial charge in [0.15, 0.2) is 0 Å². The Labute approximate surface area is 79.8 Å². The van der Waals surface area contributed by atoms with Crippen LogP contribution in [0.3, 0.4) is 0 Å². The minimum Gasteiger partial charge on any atom is -1.00 e. The maximum absolute atomic E-state index is 10.3. The number of esters is 1. The second-order valence-corrected chi connectivity index (χ2v) is 8.38. The lowest BCUT2D eigenvalue weighted by atomic mass is 10.8. The molecule has 0 unspecified atom stereocenters. The van der Waals surface area contributed by atoms with E-state index in [-0.39, 0.29) is 23.0 Å². The summed E-state index contributed by atoms with van der Waals surface area (Å²) in [6.07, 6.45) is 1.03. The molecular formula is C7H16BrO2P. The first kappa shape index (κ1) is 13.9. The average Bonchev–Trinajstić information content (AvgIpc) is 1.59. The number of hydrogen-bond acceptors (Lipinski definition) is 2. The SMILES string of the molecule is CC(=O)OCC[P+](C)(C)C.[Br-]. The molecule has 0 fully saturated rings. The molecule has 0 saturated heterocycles. The largest absolute Gasteiger partial charge is 1.00 e. The van der Waals surface area contributed by atoms with Crippen LogP contribution in [0.25, 0.3) is 0 Å².